The molecule has 6 amide bonds. The highest BCUT2D eigenvalue weighted by atomic mass is 16.6. The Morgan fingerprint density at radius 1 is 0.639 bits per heavy atom. The molecule has 0 aliphatic rings. The predicted octanol–water partition coefficient (Wildman–Crippen LogP) is 4.35. The lowest BCUT2D eigenvalue weighted by Crippen LogP contribution is -2.57. The van der Waals surface area contributed by atoms with E-state index in [4.69, 9.17) is 14.2 Å². The number of nitrogens with zero attached hydrogens (tertiary/aromatic N) is 2. The molecule has 0 saturated carbocycles. The minimum atomic E-state index is -1.50. The molecule has 0 spiro atoms. The molecule has 61 heavy (non-hydrogen) atoms. The highest BCUT2D eigenvalue weighted by molar-refractivity contribution is 6.35. The highest BCUT2D eigenvalue weighted by Crippen LogP contribution is 2.16. The van der Waals surface area contributed by atoms with Crippen LogP contribution in [0.25, 0.3) is 10.9 Å². The minimum Gasteiger partial charge on any atom is -0.444 e. The maximum atomic E-state index is 14.0. The van der Waals surface area contributed by atoms with Crippen LogP contribution in [0.2, 0.25) is 0 Å². The Balaban J connectivity index is 1.80. The van der Waals surface area contributed by atoms with Gasteiger partial charge in [-0.3, -0.25) is 24.2 Å². The largest absolute Gasteiger partial charge is 0.444 e. The summed E-state index contributed by atoms with van der Waals surface area (Å²) in [6.07, 6.45) is -0.256. The molecule has 0 unspecified atom stereocenters. The minimum absolute atomic E-state index is 0.0472. The SMILES string of the molecule is CC(C)(C)OC(=O)NCCN(CCNC(=O)OC(C)(C)C)C(=O)C(=O)NC[C@H](NC(=O)OC(C)(C)C)C(=O)N[C@@H](CCc1ccccc1)C(=O)Cc1cnc2ccccc2c1. The quantitative estimate of drug-likeness (QED) is 0.0949. The van der Waals surface area contributed by atoms with Gasteiger partial charge in [0.15, 0.2) is 5.78 Å². The number of carbonyl (C=O) groups is 7. The van der Waals surface area contributed by atoms with Gasteiger partial charge in [0.1, 0.15) is 22.8 Å². The summed E-state index contributed by atoms with van der Waals surface area (Å²) in [7, 11) is 0. The average Bonchev–Trinajstić information content (AvgIpc) is 3.15. The number of ether oxygens (including phenoxy) is 3. The van der Waals surface area contributed by atoms with Crippen LogP contribution < -0.4 is 26.6 Å². The van der Waals surface area contributed by atoms with E-state index in [2.05, 4.69) is 31.6 Å². The summed E-state index contributed by atoms with van der Waals surface area (Å²) in [5.74, 6) is -3.35. The van der Waals surface area contributed by atoms with Gasteiger partial charge < -0.3 is 45.7 Å². The maximum Gasteiger partial charge on any atom is 0.408 e. The number of Topliss-reactive ketones (excluding diaryl/α,β-unsaturated/α-hetero) is 1. The maximum absolute atomic E-state index is 14.0. The summed E-state index contributed by atoms with van der Waals surface area (Å²) in [5, 5.41) is 13.5. The van der Waals surface area contributed by atoms with E-state index < -0.39 is 71.4 Å². The molecule has 0 fully saturated rings. The normalized spacial score (nSPS) is 12.5. The van der Waals surface area contributed by atoms with Crippen LogP contribution in [-0.4, -0.2) is 113 Å². The van der Waals surface area contributed by atoms with Crippen molar-refractivity contribution in [2.45, 2.75) is 110 Å². The predicted molar refractivity (Wildman–Crippen MR) is 228 cm³/mol. The lowest BCUT2D eigenvalue weighted by Gasteiger charge is -2.26. The fourth-order valence-corrected chi connectivity index (χ4v) is 5.68. The van der Waals surface area contributed by atoms with E-state index >= 15 is 0 Å². The Hall–Kier alpha value is -6.26. The zero-order chi connectivity index (χ0) is 45.4. The van der Waals surface area contributed by atoms with Crippen molar-refractivity contribution in [3.8, 4) is 0 Å². The van der Waals surface area contributed by atoms with Crippen molar-refractivity contribution < 1.29 is 47.8 Å². The number of alkyl carbamates (subject to hydrolysis) is 3. The molecule has 5 N–H and O–H groups in total. The van der Waals surface area contributed by atoms with E-state index in [0.717, 1.165) is 21.4 Å². The Morgan fingerprint density at radius 3 is 1.75 bits per heavy atom. The molecule has 0 aliphatic carbocycles. The number of rotatable bonds is 17. The fourth-order valence-electron chi connectivity index (χ4n) is 5.68. The molecule has 17 nitrogen and oxygen atoms in total. The van der Waals surface area contributed by atoms with Gasteiger partial charge in [-0.1, -0.05) is 48.5 Å². The van der Waals surface area contributed by atoms with Gasteiger partial charge in [-0.05, 0) is 98.4 Å². The van der Waals surface area contributed by atoms with Gasteiger partial charge in [0.05, 0.1) is 11.6 Å². The molecular weight excluding hydrogens is 787 g/mol. The van der Waals surface area contributed by atoms with Crippen LogP contribution in [0.1, 0.15) is 79.9 Å². The molecule has 3 rings (SSSR count). The molecule has 0 bridgehead atoms. The van der Waals surface area contributed by atoms with Crippen molar-refractivity contribution in [3.05, 3.63) is 78.0 Å². The third-order valence-corrected chi connectivity index (χ3v) is 8.35. The molecule has 0 aliphatic heterocycles. The molecule has 17 heteroatoms. The van der Waals surface area contributed by atoms with Crippen LogP contribution >= 0.6 is 0 Å². The van der Waals surface area contributed by atoms with Crippen molar-refractivity contribution in [2.75, 3.05) is 32.7 Å². The number of fused-ring (bicyclic) bond motifs is 1. The topological polar surface area (TPSA) is 223 Å². The van der Waals surface area contributed by atoms with Crippen LogP contribution in [-0.2, 0) is 46.2 Å². The summed E-state index contributed by atoms with van der Waals surface area (Å²) >= 11 is 0. The summed E-state index contributed by atoms with van der Waals surface area (Å²) in [5.41, 5.74) is -0.170. The number of ketones is 1. The number of benzene rings is 2. The zero-order valence-corrected chi connectivity index (χ0v) is 36.6. The number of aryl methyl sites for hydroxylation is 1. The Morgan fingerprint density at radius 2 is 1.18 bits per heavy atom. The van der Waals surface area contributed by atoms with Crippen LogP contribution in [0.15, 0.2) is 66.9 Å². The fraction of sp³-hybridized carbons (Fsp3) is 0.500. The number of nitrogens with one attached hydrogen (secondary N) is 5. The van der Waals surface area contributed by atoms with E-state index in [1.807, 2.05) is 60.7 Å². The summed E-state index contributed by atoms with van der Waals surface area (Å²) in [6.45, 7) is 13.9. The van der Waals surface area contributed by atoms with Crippen LogP contribution in [0.3, 0.4) is 0 Å². The van der Waals surface area contributed by atoms with Gasteiger partial charge >= 0.3 is 30.1 Å². The van der Waals surface area contributed by atoms with Gasteiger partial charge in [0.2, 0.25) is 5.91 Å². The second-order valence-electron chi connectivity index (χ2n) is 17.3. The first-order chi connectivity index (χ1) is 28.5. The highest BCUT2D eigenvalue weighted by Gasteiger charge is 2.31. The average molecular weight is 848 g/mol. The Labute approximate surface area is 357 Å². The number of para-hydroxylation sites is 1. The van der Waals surface area contributed by atoms with Gasteiger partial charge in [-0.25, -0.2) is 14.4 Å². The van der Waals surface area contributed by atoms with Crippen molar-refractivity contribution in [3.63, 3.8) is 0 Å². The molecule has 332 valence electrons. The standard InChI is InChI=1S/C44H61N7O10/c1-42(2,3)59-39(56)45-21-23-51(24-22-46-40(57)60-43(4,5)6)38(55)37(54)48-28-34(50-41(58)61-44(7,8)9)36(53)49-33(20-19-29-15-11-10-12-16-29)35(52)26-30-25-31-17-13-14-18-32(31)47-27-30/h10-18,25,27,33-34H,19-24,26,28H2,1-9H3,(H,45,56)(H,46,57)(H,48,54)(H,49,53)(H,50,58)/t33-,34-/m0/s1. The molecule has 0 saturated heterocycles. The number of hydrogen-bond donors (Lipinski definition) is 5. The zero-order valence-electron chi connectivity index (χ0n) is 36.6. The first-order valence-electron chi connectivity index (χ1n) is 20.2. The third kappa shape index (κ3) is 19.1. The third-order valence-electron chi connectivity index (χ3n) is 8.35. The Kier molecular flexibility index (Phi) is 18.0. The van der Waals surface area contributed by atoms with E-state index in [1.54, 1.807) is 68.5 Å². The number of hydrogen-bond acceptors (Lipinski definition) is 11. The van der Waals surface area contributed by atoms with E-state index in [0.29, 0.717) is 12.0 Å². The molecular formula is C44H61N7O10. The summed E-state index contributed by atoms with van der Waals surface area (Å²) in [6, 6.07) is 16.2. The number of carbonyl (C=O) groups excluding carboxylic acids is 7. The van der Waals surface area contributed by atoms with E-state index in [9.17, 15) is 33.6 Å². The first kappa shape index (κ1) is 49.1. The monoisotopic (exact) mass is 847 g/mol. The van der Waals surface area contributed by atoms with Crippen LogP contribution in [0.5, 0.6) is 0 Å². The molecule has 2 aromatic carbocycles. The lowest BCUT2D eigenvalue weighted by molar-refractivity contribution is -0.146. The van der Waals surface area contributed by atoms with Crippen LogP contribution in [0, 0.1) is 0 Å². The molecule has 0 radical (unpaired) electrons. The number of pyridine rings is 1. The summed E-state index contributed by atoms with van der Waals surface area (Å²) in [4.78, 5) is 98.0. The second-order valence-corrected chi connectivity index (χ2v) is 17.3. The second kappa shape index (κ2) is 22.4. The molecule has 1 aromatic heterocycles. The van der Waals surface area contributed by atoms with Gasteiger partial charge in [0.25, 0.3) is 0 Å². The first-order valence-corrected chi connectivity index (χ1v) is 20.2. The van der Waals surface area contributed by atoms with Crippen molar-refractivity contribution in [1.82, 2.24) is 36.5 Å². The van der Waals surface area contributed by atoms with Crippen molar-refractivity contribution in [2.24, 2.45) is 0 Å². The van der Waals surface area contributed by atoms with Crippen LogP contribution in [0.4, 0.5) is 14.4 Å². The van der Waals surface area contributed by atoms with Crippen molar-refractivity contribution in [1.29, 1.82) is 0 Å². The smallest absolute Gasteiger partial charge is 0.408 e. The summed E-state index contributed by atoms with van der Waals surface area (Å²) < 4.78 is 15.9. The lowest BCUT2D eigenvalue weighted by atomic mass is 9.97. The number of aromatic nitrogens is 1. The van der Waals surface area contributed by atoms with E-state index in [1.165, 1.54) is 0 Å². The number of amides is 6. The molecule has 2 atom stereocenters. The Bertz CT molecular complexity index is 1950. The van der Waals surface area contributed by atoms with E-state index in [-0.39, 0.29) is 44.8 Å². The molecule has 1 heterocycles. The van der Waals surface area contributed by atoms with Gasteiger partial charge in [-0.2, -0.15) is 0 Å². The molecule has 3 aromatic rings. The van der Waals surface area contributed by atoms with Gasteiger partial charge in [-0.15, -0.1) is 0 Å². The van der Waals surface area contributed by atoms with Gasteiger partial charge in [0, 0.05) is 50.7 Å². The van der Waals surface area contributed by atoms with Crippen molar-refractivity contribution >= 4 is 52.7 Å².